The second-order valence-corrected chi connectivity index (χ2v) is 19.1. The molecule has 4 aromatic rings. The van der Waals surface area contributed by atoms with Crippen molar-refractivity contribution in [2.24, 2.45) is 11.7 Å². The average molecular weight is 878 g/mol. The molecule has 0 radical (unpaired) electrons. The number of carboxylic acids is 1. The highest BCUT2D eigenvalue weighted by molar-refractivity contribution is 7.89. The summed E-state index contributed by atoms with van der Waals surface area (Å²) >= 11 is 0. The molecule has 326 valence electrons. The van der Waals surface area contributed by atoms with E-state index in [1.807, 2.05) is 60.7 Å². The van der Waals surface area contributed by atoms with Gasteiger partial charge in [-0.1, -0.05) is 97.1 Å². The number of aliphatic carboxylic acids is 1. The predicted molar refractivity (Wildman–Crippen MR) is 228 cm³/mol. The lowest BCUT2D eigenvalue weighted by Crippen LogP contribution is -2.66. The highest BCUT2D eigenvalue weighted by Crippen LogP contribution is 2.39. The number of nitrogens with one attached hydrogen (secondary N) is 3. The van der Waals surface area contributed by atoms with Crippen LogP contribution in [-0.4, -0.2) is 94.2 Å². The third kappa shape index (κ3) is 13.8. The van der Waals surface area contributed by atoms with E-state index in [0.717, 1.165) is 21.9 Å². The van der Waals surface area contributed by atoms with Crippen LogP contribution in [0.2, 0.25) is 0 Å². The molecular formula is C43H52N5O11PS. The van der Waals surface area contributed by atoms with E-state index >= 15 is 0 Å². The molecule has 0 saturated carbocycles. The van der Waals surface area contributed by atoms with Gasteiger partial charge in [-0.2, -0.15) is 0 Å². The summed E-state index contributed by atoms with van der Waals surface area (Å²) in [4.78, 5) is 84.9. The first kappa shape index (κ1) is 46.6. The Bertz CT molecular complexity index is 2340. The molecule has 4 aromatic carbocycles. The van der Waals surface area contributed by atoms with Crippen molar-refractivity contribution in [3.63, 3.8) is 0 Å². The predicted octanol–water partition coefficient (Wildman–Crippen LogP) is 2.78. The third-order valence-corrected chi connectivity index (χ3v) is 13.4. The first-order chi connectivity index (χ1) is 28.9. The molecule has 1 aliphatic rings. The highest BCUT2D eigenvalue weighted by Gasteiger charge is 2.47. The van der Waals surface area contributed by atoms with Gasteiger partial charge >= 0.3 is 13.6 Å². The van der Waals surface area contributed by atoms with Crippen molar-refractivity contribution in [1.29, 1.82) is 0 Å². The number of sulfonamides is 1. The van der Waals surface area contributed by atoms with Gasteiger partial charge in [0.1, 0.15) is 11.6 Å². The van der Waals surface area contributed by atoms with Gasteiger partial charge < -0.3 is 36.6 Å². The van der Waals surface area contributed by atoms with E-state index in [4.69, 9.17) is 5.73 Å². The largest absolute Gasteiger partial charge is 0.481 e. The van der Waals surface area contributed by atoms with Crippen molar-refractivity contribution >= 4 is 58.0 Å². The molecule has 5 rings (SSSR count). The minimum absolute atomic E-state index is 0.127. The number of fused-ring (bicyclic) bond motifs is 1. The standard InChI is InChI=1S/C43H52N5O11PS/c44-38(49)28-37(41(53)45-22-7-13-34-12-6-11-33-10-4-5-14-36(33)34)46-42(54)43(20-23-48(24-21-43)61(58,59)25-19-30-8-2-1-3-9-30)47-40(52)35(27-39(50)51)26-31-15-17-32(18-16-31)29-60(55,56)57/h1-6,8-12,14-18,35,37H,7,13,19-29H2,(H2,44,49)(H,45,53)(H,46,54)(H,47,52)(H,50,51)(H2,55,56,57)/t35-,37+/m1/s1. The minimum atomic E-state index is -4.36. The fourth-order valence-electron chi connectivity index (χ4n) is 7.52. The summed E-state index contributed by atoms with van der Waals surface area (Å²) in [6.07, 6.45) is -0.967. The summed E-state index contributed by atoms with van der Waals surface area (Å²) in [6, 6.07) is 27.4. The number of hydrogen-bond donors (Lipinski definition) is 7. The Labute approximate surface area is 354 Å². The minimum Gasteiger partial charge on any atom is -0.481 e. The normalized spacial score (nSPS) is 15.3. The molecule has 18 heteroatoms. The molecule has 16 nitrogen and oxygen atoms in total. The van der Waals surface area contributed by atoms with Crippen LogP contribution in [0, 0.1) is 5.92 Å². The topological polar surface area (TPSA) is 263 Å². The number of carbonyl (C=O) groups excluding carboxylic acids is 4. The third-order valence-electron chi connectivity index (χ3n) is 10.8. The van der Waals surface area contributed by atoms with Crippen LogP contribution >= 0.6 is 7.60 Å². The van der Waals surface area contributed by atoms with Crippen molar-refractivity contribution in [3.8, 4) is 0 Å². The number of benzene rings is 4. The SMILES string of the molecule is NC(=O)C[C@H](NC(=O)C1(NC(=O)[C@@H](CC(=O)O)Cc2ccc(CP(=O)(O)O)cc2)CCN(S(=O)(=O)CCc2ccccc2)CC1)C(=O)NCCCc1cccc2ccccc12. The summed E-state index contributed by atoms with van der Waals surface area (Å²) in [5.74, 6) is -6.06. The fourth-order valence-corrected chi connectivity index (χ4v) is 9.69. The Morgan fingerprint density at radius 2 is 1.43 bits per heavy atom. The van der Waals surface area contributed by atoms with E-state index in [0.29, 0.717) is 24.0 Å². The van der Waals surface area contributed by atoms with Crippen LogP contribution in [-0.2, 0) is 64.0 Å². The van der Waals surface area contributed by atoms with Crippen LogP contribution < -0.4 is 21.7 Å². The van der Waals surface area contributed by atoms with E-state index in [1.54, 1.807) is 12.1 Å². The van der Waals surface area contributed by atoms with Crippen LogP contribution in [0.5, 0.6) is 0 Å². The zero-order valence-electron chi connectivity index (χ0n) is 33.6. The first-order valence-electron chi connectivity index (χ1n) is 19.9. The summed E-state index contributed by atoms with van der Waals surface area (Å²) in [6.45, 7) is -0.200. The molecule has 1 saturated heterocycles. The van der Waals surface area contributed by atoms with Crippen molar-refractivity contribution in [1.82, 2.24) is 20.3 Å². The number of aryl methyl sites for hydroxylation is 2. The quantitative estimate of drug-likeness (QED) is 0.0473. The zero-order valence-corrected chi connectivity index (χ0v) is 35.3. The Kier molecular flexibility index (Phi) is 16.0. The number of piperidine rings is 1. The molecule has 4 amide bonds. The number of rotatable bonds is 21. The Hall–Kier alpha value is -5.45. The Balaban J connectivity index is 1.33. The number of nitrogens with zero attached hydrogens (tertiary/aromatic N) is 1. The lowest BCUT2D eigenvalue weighted by atomic mass is 9.85. The van der Waals surface area contributed by atoms with Crippen LogP contribution in [0.3, 0.4) is 0 Å². The monoisotopic (exact) mass is 877 g/mol. The van der Waals surface area contributed by atoms with E-state index in [1.165, 1.54) is 28.6 Å². The smallest absolute Gasteiger partial charge is 0.329 e. The van der Waals surface area contributed by atoms with Gasteiger partial charge in [-0.3, -0.25) is 28.5 Å². The molecule has 1 aliphatic heterocycles. The van der Waals surface area contributed by atoms with Crippen molar-refractivity contribution < 1.29 is 51.8 Å². The number of carboxylic acid groups (broad SMARTS) is 1. The lowest BCUT2D eigenvalue weighted by molar-refractivity contribution is -0.143. The van der Waals surface area contributed by atoms with Crippen LogP contribution in [0.25, 0.3) is 10.8 Å². The zero-order chi connectivity index (χ0) is 44.2. The second kappa shape index (κ2) is 20.9. The van der Waals surface area contributed by atoms with Crippen LogP contribution in [0.15, 0.2) is 97.1 Å². The van der Waals surface area contributed by atoms with E-state index < -0.39 is 83.7 Å². The Morgan fingerprint density at radius 1 is 0.787 bits per heavy atom. The molecule has 0 aromatic heterocycles. The molecule has 0 unspecified atom stereocenters. The summed E-state index contributed by atoms with van der Waals surface area (Å²) in [5.41, 5.74) is 6.38. The van der Waals surface area contributed by atoms with Gasteiger partial charge in [0.25, 0.3) is 0 Å². The Morgan fingerprint density at radius 3 is 2.08 bits per heavy atom. The molecule has 8 N–H and O–H groups in total. The number of nitrogens with two attached hydrogens (primary N) is 1. The van der Waals surface area contributed by atoms with E-state index in [9.17, 15) is 51.8 Å². The van der Waals surface area contributed by atoms with Crippen molar-refractivity contribution in [2.75, 3.05) is 25.4 Å². The van der Waals surface area contributed by atoms with Gasteiger partial charge in [0.05, 0.1) is 30.7 Å². The molecule has 1 heterocycles. The fraction of sp³-hybridized carbons (Fsp3) is 0.372. The number of amides is 4. The number of primary amides is 1. The van der Waals surface area contributed by atoms with Crippen molar-refractivity contribution in [3.05, 3.63) is 119 Å². The summed E-state index contributed by atoms with van der Waals surface area (Å²) in [7, 11) is -8.19. The number of hydrogen-bond acceptors (Lipinski definition) is 8. The first-order valence-corrected chi connectivity index (χ1v) is 23.4. The highest BCUT2D eigenvalue weighted by atomic mass is 32.2. The maximum absolute atomic E-state index is 14.4. The molecular weight excluding hydrogens is 826 g/mol. The van der Waals surface area contributed by atoms with Crippen molar-refractivity contribution in [2.45, 2.75) is 69.1 Å². The average Bonchev–Trinajstić information content (AvgIpc) is 3.21. The van der Waals surface area contributed by atoms with Gasteiger partial charge in [0.2, 0.25) is 33.7 Å². The van der Waals surface area contributed by atoms with E-state index in [-0.39, 0.29) is 51.1 Å². The van der Waals surface area contributed by atoms with Gasteiger partial charge in [-0.05, 0) is 71.6 Å². The van der Waals surface area contributed by atoms with E-state index in [2.05, 4.69) is 16.0 Å². The summed E-state index contributed by atoms with van der Waals surface area (Å²) in [5, 5.41) is 20.0. The van der Waals surface area contributed by atoms with Crippen LogP contribution in [0.1, 0.15) is 54.4 Å². The molecule has 0 aliphatic carbocycles. The van der Waals surface area contributed by atoms with Gasteiger partial charge in [0, 0.05) is 19.6 Å². The molecule has 1 fully saturated rings. The molecule has 0 bridgehead atoms. The summed E-state index contributed by atoms with van der Waals surface area (Å²) < 4.78 is 39.7. The van der Waals surface area contributed by atoms with Gasteiger partial charge in [-0.25, -0.2) is 12.7 Å². The maximum atomic E-state index is 14.4. The molecule has 0 spiro atoms. The van der Waals surface area contributed by atoms with Gasteiger partial charge in [-0.15, -0.1) is 0 Å². The lowest BCUT2D eigenvalue weighted by Gasteiger charge is -2.41. The number of carbonyl (C=O) groups is 5. The second-order valence-electron chi connectivity index (χ2n) is 15.4. The molecule has 61 heavy (non-hydrogen) atoms. The maximum Gasteiger partial charge on any atom is 0.329 e. The molecule has 2 atom stereocenters. The van der Waals surface area contributed by atoms with Crippen LogP contribution in [0.4, 0.5) is 0 Å². The van der Waals surface area contributed by atoms with Gasteiger partial charge in [0.15, 0.2) is 0 Å².